The van der Waals surface area contributed by atoms with E-state index < -0.39 is 0 Å². The van der Waals surface area contributed by atoms with E-state index in [4.69, 9.17) is 0 Å². The molecule has 0 aliphatic carbocycles. The molecule has 15 heavy (non-hydrogen) atoms. The second-order valence-electron chi connectivity index (χ2n) is 4.94. The van der Waals surface area contributed by atoms with Crippen LogP contribution in [0.1, 0.15) is 31.9 Å². The van der Waals surface area contributed by atoms with Crippen LogP contribution in [0.25, 0.3) is 10.9 Å². The molecule has 0 saturated heterocycles. The van der Waals surface area contributed by atoms with Gasteiger partial charge < -0.3 is 0 Å². The van der Waals surface area contributed by atoms with Crippen LogP contribution in [0.4, 0.5) is 4.39 Å². The Hall–Kier alpha value is -1.38. The minimum Gasteiger partial charge on any atom is -0.278 e. The topological polar surface area (TPSA) is 28.7 Å². The van der Waals surface area contributed by atoms with E-state index in [1.54, 1.807) is 13.1 Å². The number of halogens is 1. The van der Waals surface area contributed by atoms with Crippen LogP contribution < -0.4 is 0 Å². The lowest BCUT2D eigenvalue weighted by molar-refractivity contribution is 0.520. The first-order chi connectivity index (χ1) is 6.91. The Bertz CT molecular complexity index is 506. The van der Waals surface area contributed by atoms with Gasteiger partial charge in [-0.15, -0.1) is 0 Å². The Kier molecular flexibility index (Phi) is 2.07. The third-order valence-electron chi connectivity index (χ3n) is 2.74. The molecule has 2 rings (SSSR count). The third-order valence-corrected chi connectivity index (χ3v) is 2.74. The van der Waals surface area contributed by atoms with Crippen molar-refractivity contribution in [3.63, 3.8) is 0 Å². The fourth-order valence-electron chi connectivity index (χ4n) is 1.78. The lowest BCUT2D eigenvalue weighted by atomic mass is 9.85. The summed E-state index contributed by atoms with van der Waals surface area (Å²) in [5.41, 5.74) is 2.12. The molecular formula is C12H15FN2. The number of H-pyrrole nitrogens is 1. The van der Waals surface area contributed by atoms with Crippen molar-refractivity contribution in [1.82, 2.24) is 10.2 Å². The molecule has 2 nitrogen and oxygen atoms in total. The average molecular weight is 206 g/mol. The molecule has 0 amide bonds. The standard InChI is InChI=1S/C12H15FN2/c1-7-8-6-14-15-10(8)5-9(11(7)13)12(2,3)4/h5-6H,1-4H3,(H,14,15). The molecule has 2 aromatic rings. The molecule has 0 spiro atoms. The van der Waals surface area contributed by atoms with Crippen molar-refractivity contribution >= 4 is 10.9 Å². The van der Waals surface area contributed by atoms with E-state index in [0.717, 1.165) is 16.5 Å². The maximum Gasteiger partial charge on any atom is 0.130 e. The highest BCUT2D eigenvalue weighted by molar-refractivity contribution is 5.82. The molecule has 0 fully saturated rings. The Morgan fingerprint density at radius 3 is 2.60 bits per heavy atom. The van der Waals surface area contributed by atoms with Crippen molar-refractivity contribution in [3.8, 4) is 0 Å². The summed E-state index contributed by atoms with van der Waals surface area (Å²) in [4.78, 5) is 0. The van der Waals surface area contributed by atoms with E-state index in [-0.39, 0.29) is 11.2 Å². The molecule has 1 aromatic carbocycles. The van der Waals surface area contributed by atoms with E-state index in [1.165, 1.54) is 0 Å². The van der Waals surface area contributed by atoms with Crippen molar-refractivity contribution in [2.75, 3.05) is 0 Å². The highest BCUT2D eigenvalue weighted by atomic mass is 19.1. The van der Waals surface area contributed by atoms with Crippen LogP contribution in [0.3, 0.4) is 0 Å². The predicted octanol–water partition coefficient (Wildman–Crippen LogP) is 3.31. The van der Waals surface area contributed by atoms with Crippen molar-refractivity contribution in [2.45, 2.75) is 33.1 Å². The minimum absolute atomic E-state index is 0.114. The van der Waals surface area contributed by atoms with Crippen molar-refractivity contribution in [2.24, 2.45) is 0 Å². The molecule has 1 N–H and O–H groups in total. The fourth-order valence-corrected chi connectivity index (χ4v) is 1.78. The summed E-state index contributed by atoms with van der Waals surface area (Å²) in [6, 6.07) is 1.85. The van der Waals surface area contributed by atoms with Gasteiger partial charge in [0.2, 0.25) is 0 Å². The summed E-state index contributed by atoms with van der Waals surface area (Å²) in [5, 5.41) is 7.68. The number of aromatic amines is 1. The highest BCUT2D eigenvalue weighted by Crippen LogP contribution is 2.30. The maximum atomic E-state index is 14.1. The normalized spacial score (nSPS) is 12.3. The maximum absolute atomic E-state index is 14.1. The average Bonchev–Trinajstić information content (AvgIpc) is 2.57. The lowest BCUT2D eigenvalue weighted by Gasteiger charge is -2.20. The number of aromatic nitrogens is 2. The monoisotopic (exact) mass is 206 g/mol. The Labute approximate surface area is 88.5 Å². The summed E-state index contributed by atoms with van der Waals surface area (Å²) in [6.45, 7) is 7.82. The van der Waals surface area contributed by atoms with Gasteiger partial charge in [0.1, 0.15) is 5.82 Å². The van der Waals surface area contributed by atoms with Crippen LogP contribution in [-0.2, 0) is 5.41 Å². The van der Waals surface area contributed by atoms with Crippen LogP contribution in [0.2, 0.25) is 0 Å². The number of rotatable bonds is 0. The summed E-state index contributed by atoms with van der Waals surface area (Å²) in [6.07, 6.45) is 1.67. The molecule has 0 aliphatic heterocycles. The molecule has 0 saturated carbocycles. The second-order valence-corrected chi connectivity index (χ2v) is 4.94. The van der Waals surface area contributed by atoms with Crippen molar-refractivity contribution < 1.29 is 4.39 Å². The first kappa shape index (κ1) is 10.1. The molecule has 0 bridgehead atoms. The van der Waals surface area contributed by atoms with Gasteiger partial charge in [0.05, 0.1) is 11.7 Å². The number of hydrogen-bond donors (Lipinski definition) is 1. The molecule has 0 aliphatic rings. The third kappa shape index (κ3) is 1.52. The molecule has 3 heteroatoms. The number of fused-ring (bicyclic) bond motifs is 1. The van der Waals surface area contributed by atoms with E-state index in [0.29, 0.717) is 5.56 Å². The van der Waals surface area contributed by atoms with E-state index in [1.807, 2.05) is 26.8 Å². The first-order valence-electron chi connectivity index (χ1n) is 5.04. The first-order valence-corrected chi connectivity index (χ1v) is 5.04. The van der Waals surface area contributed by atoms with Gasteiger partial charge in [0.15, 0.2) is 0 Å². The van der Waals surface area contributed by atoms with Crippen molar-refractivity contribution in [1.29, 1.82) is 0 Å². The van der Waals surface area contributed by atoms with Crippen LogP contribution in [0.15, 0.2) is 12.3 Å². The molecule has 1 aromatic heterocycles. The number of aryl methyl sites for hydroxylation is 1. The van der Waals surface area contributed by atoms with Gasteiger partial charge in [-0.05, 0) is 29.5 Å². The number of benzene rings is 1. The number of nitrogens with zero attached hydrogens (tertiary/aromatic N) is 1. The molecule has 0 unspecified atom stereocenters. The summed E-state index contributed by atoms with van der Waals surface area (Å²) in [5.74, 6) is -0.114. The quantitative estimate of drug-likeness (QED) is 0.703. The Morgan fingerprint density at radius 1 is 1.33 bits per heavy atom. The van der Waals surface area contributed by atoms with Gasteiger partial charge in [0.25, 0.3) is 0 Å². The highest BCUT2D eigenvalue weighted by Gasteiger charge is 2.21. The minimum atomic E-state index is -0.186. The number of nitrogens with one attached hydrogen (secondary N) is 1. The molecule has 0 radical (unpaired) electrons. The SMILES string of the molecule is Cc1c(F)c(C(C)(C)C)cc2[nH]ncc12. The summed E-state index contributed by atoms with van der Waals surface area (Å²) >= 11 is 0. The number of hydrogen-bond acceptors (Lipinski definition) is 1. The molecule has 1 heterocycles. The largest absolute Gasteiger partial charge is 0.278 e. The smallest absolute Gasteiger partial charge is 0.130 e. The van der Waals surface area contributed by atoms with Crippen LogP contribution in [-0.4, -0.2) is 10.2 Å². The second kappa shape index (κ2) is 3.05. The molecule has 80 valence electrons. The van der Waals surface area contributed by atoms with Gasteiger partial charge in [-0.1, -0.05) is 20.8 Å². The summed E-state index contributed by atoms with van der Waals surface area (Å²) < 4.78 is 14.1. The lowest BCUT2D eigenvalue weighted by Crippen LogP contribution is -2.14. The zero-order valence-corrected chi connectivity index (χ0v) is 9.48. The van der Waals surface area contributed by atoms with Gasteiger partial charge in [-0.25, -0.2) is 4.39 Å². The Morgan fingerprint density at radius 2 is 2.00 bits per heavy atom. The molecule has 0 atom stereocenters. The zero-order valence-electron chi connectivity index (χ0n) is 9.48. The van der Waals surface area contributed by atoms with Crippen LogP contribution in [0.5, 0.6) is 0 Å². The van der Waals surface area contributed by atoms with E-state index in [9.17, 15) is 4.39 Å². The van der Waals surface area contributed by atoms with Gasteiger partial charge in [-0.2, -0.15) is 5.10 Å². The summed E-state index contributed by atoms with van der Waals surface area (Å²) in [7, 11) is 0. The molecular weight excluding hydrogens is 191 g/mol. The van der Waals surface area contributed by atoms with E-state index >= 15 is 0 Å². The van der Waals surface area contributed by atoms with Crippen LogP contribution in [0, 0.1) is 12.7 Å². The van der Waals surface area contributed by atoms with Crippen molar-refractivity contribution in [3.05, 3.63) is 29.2 Å². The zero-order chi connectivity index (χ0) is 11.2. The Balaban J connectivity index is 2.82. The van der Waals surface area contributed by atoms with Gasteiger partial charge in [0, 0.05) is 5.39 Å². The van der Waals surface area contributed by atoms with Gasteiger partial charge >= 0.3 is 0 Å². The fraction of sp³-hybridized carbons (Fsp3) is 0.417. The predicted molar refractivity (Wildman–Crippen MR) is 59.5 cm³/mol. The van der Waals surface area contributed by atoms with Gasteiger partial charge in [-0.3, -0.25) is 5.10 Å². The van der Waals surface area contributed by atoms with E-state index in [2.05, 4.69) is 10.2 Å². The van der Waals surface area contributed by atoms with Crippen LogP contribution >= 0.6 is 0 Å².